The van der Waals surface area contributed by atoms with Crippen LogP contribution in [0.2, 0.25) is 0 Å². The molecule has 4 rings (SSSR count). The molecule has 0 spiro atoms. The van der Waals surface area contributed by atoms with E-state index >= 15 is 0 Å². The van der Waals surface area contributed by atoms with Crippen molar-refractivity contribution in [2.45, 2.75) is 0 Å². The number of non-ortho nitro benzene ring substituents is 1. The minimum Gasteiger partial charge on any atom is -0.508 e. The number of phenols is 1. The van der Waals surface area contributed by atoms with E-state index < -0.39 is 4.92 Å². The monoisotopic (exact) mass is 511 g/mol. The molecule has 1 N–H and O–H groups in total. The van der Waals surface area contributed by atoms with E-state index in [1.165, 1.54) is 22.8 Å². The van der Waals surface area contributed by atoms with Crippen LogP contribution in [-0.4, -0.2) is 19.6 Å². The third kappa shape index (κ3) is 3.94. The van der Waals surface area contributed by atoms with Crippen LogP contribution in [0, 0.1) is 13.7 Å². The summed E-state index contributed by atoms with van der Waals surface area (Å²) in [5, 5.41) is 21.1. The van der Waals surface area contributed by atoms with Gasteiger partial charge in [0.25, 0.3) is 11.2 Å². The summed E-state index contributed by atoms with van der Waals surface area (Å²) in [6.07, 6.45) is 3.43. The first-order valence-electron chi connectivity index (χ1n) is 8.86. The molecule has 0 bridgehead atoms. The molecule has 8 heteroatoms. The molecule has 4 aromatic rings. The summed E-state index contributed by atoms with van der Waals surface area (Å²) in [6, 6.07) is 17.8. The maximum Gasteiger partial charge on any atom is 0.271 e. The van der Waals surface area contributed by atoms with Crippen LogP contribution in [0.4, 0.5) is 5.69 Å². The van der Waals surface area contributed by atoms with Gasteiger partial charge >= 0.3 is 0 Å². The Hall–Kier alpha value is -3.53. The normalized spacial score (nSPS) is 11.2. The van der Waals surface area contributed by atoms with Crippen molar-refractivity contribution in [3.63, 3.8) is 0 Å². The smallest absolute Gasteiger partial charge is 0.271 e. The summed E-state index contributed by atoms with van der Waals surface area (Å²) in [6.45, 7) is 0. The van der Waals surface area contributed by atoms with Gasteiger partial charge in [-0.1, -0.05) is 24.3 Å². The molecule has 1 aromatic heterocycles. The largest absolute Gasteiger partial charge is 0.508 e. The van der Waals surface area contributed by atoms with Crippen LogP contribution in [0.3, 0.4) is 0 Å². The van der Waals surface area contributed by atoms with Crippen LogP contribution < -0.4 is 5.56 Å². The van der Waals surface area contributed by atoms with E-state index in [4.69, 9.17) is 0 Å². The van der Waals surface area contributed by atoms with E-state index in [9.17, 15) is 20.0 Å². The number of halogens is 1. The Morgan fingerprint density at radius 1 is 1.03 bits per heavy atom. The zero-order valence-electron chi connectivity index (χ0n) is 15.4. The Labute approximate surface area is 184 Å². The standard InChI is InChI=1S/C22H14IN3O4/c23-15-7-10-20-19(12-15)22(28)25(16-2-1-3-17(13-16)26(29)30)21(24-20)11-6-14-4-8-18(27)9-5-14/h1-13,27H/b11-6+. The van der Waals surface area contributed by atoms with Crippen molar-refractivity contribution in [1.82, 2.24) is 9.55 Å². The lowest BCUT2D eigenvalue weighted by Gasteiger charge is -2.11. The van der Waals surface area contributed by atoms with E-state index in [1.54, 1.807) is 54.6 Å². The zero-order valence-corrected chi connectivity index (χ0v) is 17.6. The van der Waals surface area contributed by atoms with Crippen molar-refractivity contribution >= 4 is 51.3 Å². The summed E-state index contributed by atoms with van der Waals surface area (Å²) in [4.78, 5) is 28.7. The fraction of sp³-hybridized carbons (Fsp3) is 0. The number of hydrogen-bond donors (Lipinski definition) is 1. The predicted octanol–water partition coefficient (Wildman–Crippen LogP) is 4.77. The fourth-order valence-electron chi connectivity index (χ4n) is 3.04. The van der Waals surface area contributed by atoms with Crippen LogP contribution >= 0.6 is 22.6 Å². The molecule has 148 valence electrons. The van der Waals surface area contributed by atoms with Gasteiger partial charge in [-0.2, -0.15) is 0 Å². The van der Waals surface area contributed by atoms with Gasteiger partial charge in [0.1, 0.15) is 11.6 Å². The first-order valence-corrected chi connectivity index (χ1v) is 9.94. The van der Waals surface area contributed by atoms with Gasteiger partial charge in [-0.05, 0) is 70.6 Å². The Morgan fingerprint density at radius 3 is 2.53 bits per heavy atom. The number of nitro groups is 1. The Morgan fingerprint density at radius 2 is 1.80 bits per heavy atom. The lowest BCUT2D eigenvalue weighted by atomic mass is 10.2. The number of aromatic nitrogens is 2. The molecule has 0 aliphatic carbocycles. The van der Waals surface area contributed by atoms with Crippen molar-refractivity contribution in [3.05, 3.63) is 102 Å². The third-order valence-corrected chi connectivity index (χ3v) is 5.14. The minimum atomic E-state index is -0.502. The quantitative estimate of drug-likeness (QED) is 0.242. The molecule has 0 aliphatic rings. The summed E-state index contributed by atoms with van der Waals surface area (Å²) in [5.41, 5.74) is 1.26. The second kappa shape index (κ2) is 8.07. The van der Waals surface area contributed by atoms with Gasteiger partial charge in [-0.25, -0.2) is 4.98 Å². The molecule has 0 unspecified atom stereocenters. The molecule has 3 aromatic carbocycles. The Balaban J connectivity index is 1.96. The van der Waals surface area contributed by atoms with Crippen LogP contribution in [-0.2, 0) is 0 Å². The molecular weight excluding hydrogens is 497 g/mol. The second-order valence-electron chi connectivity index (χ2n) is 6.47. The first kappa shape index (κ1) is 19.8. The Bertz CT molecular complexity index is 1360. The van der Waals surface area contributed by atoms with E-state index in [2.05, 4.69) is 27.6 Å². The minimum absolute atomic E-state index is 0.115. The number of nitro benzene ring substituents is 1. The predicted molar refractivity (Wildman–Crippen MR) is 124 cm³/mol. The van der Waals surface area contributed by atoms with E-state index in [1.807, 2.05) is 6.07 Å². The highest BCUT2D eigenvalue weighted by Gasteiger charge is 2.14. The van der Waals surface area contributed by atoms with Gasteiger partial charge in [0.2, 0.25) is 0 Å². The average Bonchev–Trinajstić information content (AvgIpc) is 2.74. The number of benzene rings is 3. The molecule has 0 radical (unpaired) electrons. The summed E-state index contributed by atoms with van der Waals surface area (Å²) < 4.78 is 2.25. The van der Waals surface area contributed by atoms with Crippen molar-refractivity contribution in [3.8, 4) is 11.4 Å². The SMILES string of the molecule is O=c1c2cc(I)ccc2nc(/C=C/c2ccc(O)cc2)n1-c1cccc([N+](=O)[O-])c1. The molecular formula is C22H14IN3O4. The molecule has 1 heterocycles. The molecule has 0 fully saturated rings. The van der Waals surface area contributed by atoms with Crippen molar-refractivity contribution in [1.29, 1.82) is 0 Å². The highest BCUT2D eigenvalue weighted by Crippen LogP contribution is 2.21. The number of nitrogens with zero attached hydrogens (tertiary/aromatic N) is 3. The maximum absolute atomic E-state index is 13.3. The first-order chi connectivity index (χ1) is 14.4. The van der Waals surface area contributed by atoms with Crippen LogP contribution in [0.1, 0.15) is 11.4 Å². The average molecular weight is 511 g/mol. The van der Waals surface area contributed by atoms with Crippen LogP contribution in [0.25, 0.3) is 28.7 Å². The molecule has 7 nitrogen and oxygen atoms in total. The molecule has 0 saturated carbocycles. The highest BCUT2D eigenvalue weighted by molar-refractivity contribution is 14.1. The number of fused-ring (bicyclic) bond motifs is 1. The molecule has 30 heavy (non-hydrogen) atoms. The summed E-state index contributed by atoms with van der Waals surface area (Å²) in [7, 11) is 0. The third-order valence-electron chi connectivity index (χ3n) is 4.47. The maximum atomic E-state index is 13.3. The van der Waals surface area contributed by atoms with Gasteiger partial charge in [-0.15, -0.1) is 0 Å². The van der Waals surface area contributed by atoms with Crippen molar-refractivity contribution < 1.29 is 10.0 Å². The number of rotatable bonds is 4. The molecule has 0 saturated heterocycles. The lowest BCUT2D eigenvalue weighted by molar-refractivity contribution is -0.384. The lowest BCUT2D eigenvalue weighted by Crippen LogP contribution is -2.22. The molecule has 0 amide bonds. The van der Waals surface area contributed by atoms with Crippen LogP contribution in [0.15, 0.2) is 71.5 Å². The number of hydrogen-bond acceptors (Lipinski definition) is 5. The second-order valence-corrected chi connectivity index (χ2v) is 7.72. The number of phenolic OH excluding ortho intramolecular Hbond substituents is 1. The van der Waals surface area contributed by atoms with E-state index in [0.717, 1.165) is 9.13 Å². The highest BCUT2D eigenvalue weighted by atomic mass is 127. The van der Waals surface area contributed by atoms with E-state index in [-0.39, 0.29) is 17.0 Å². The van der Waals surface area contributed by atoms with Gasteiger partial charge in [0.15, 0.2) is 0 Å². The summed E-state index contributed by atoms with van der Waals surface area (Å²) >= 11 is 2.12. The van der Waals surface area contributed by atoms with Crippen molar-refractivity contribution in [2.75, 3.05) is 0 Å². The van der Waals surface area contributed by atoms with Gasteiger partial charge in [0, 0.05) is 15.7 Å². The molecule has 0 atom stereocenters. The molecule has 0 aliphatic heterocycles. The topological polar surface area (TPSA) is 98.3 Å². The number of aromatic hydroxyl groups is 1. The van der Waals surface area contributed by atoms with Gasteiger partial charge < -0.3 is 5.11 Å². The summed E-state index contributed by atoms with van der Waals surface area (Å²) in [5.74, 6) is 0.487. The van der Waals surface area contributed by atoms with Crippen LogP contribution in [0.5, 0.6) is 5.75 Å². The van der Waals surface area contributed by atoms with Crippen molar-refractivity contribution in [2.24, 2.45) is 0 Å². The zero-order chi connectivity index (χ0) is 21.3. The fourth-order valence-corrected chi connectivity index (χ4v) is 3.53. The Kier molecular flexibility index (Phi) is 5.32. The van der Waals surface area contributed by atoms with E-state index in [0.29, 0.717) is 22.4 Å². The van der Waals surface area contributed by atoms with Gasteiger partial charge in [0.05, 0.1) is 21.5 Å². The van der Waals surface area contributed by atoms with Gasteiger partial charge in [-0.3, -0.25) is 19.5 Å².